The molecule has 1 saturated heterocycles. The SMILES string of the molecule is O=C1[C@@H]2[C@@H](C(=O)N1/N=C\c1ccccc1Cl)[C@H]1C=C[C@H]2C12CC2. The lowest BCUT2D eigenvalue weighted by Gasteiger charge is -2.18. The number of allylic oxidation sites excluding steroid dienone is 2. The summed E-state index contributed by atoms with van der Waals surface area (Å²) < 4.78 is 0. The number of nitrogens with zero attached hydrogens (tertiary/aromatic N) is 2. The zero-order valence-electron chi connectivity index (χ0n) is 12.4. The van der Waals surface area contributed by atoms with Gasteiger partial charge < -0.3 is 0 Å². The van der Waals surface area contributed by atoms with Crippen molar-refractivity contribution in [3.63, 3.8) is 0 Å². The second kappa shape index (κ2) is 4.32. The lowest BCUT2D eigenvalue weighted by atomic mass is 9.85. The number of hydrazone groups is 1. The summed E-state index contributed by atoms with van der Waals surface area (Å²) in [4.78, 5) is 25.5. The van der Waals surface area contributed by atoms with Crippen LogP contribution in [0.3, 0.4) is 0 Å². The number of halogens is 1. The Morgan fingerprint density at radius 2 is 1.70 bits per heavy atom. The van der Waals surface area contributed by atoms with E-state index in [0.717, 1.165) is 17.9 Å². The van der Waals surface area contributed by atoms with E-state index in [1.54, 1.807) is 6.07 Å². The van der Waals surface area contributed by atoms with Crippen molar-refractivity contribution < 1.29 is 9.59 Å². The minimum Gasteiger partial charge on any atom is -0.272 e. The highest BCUT2D eigenvalue weighted by molar-refractivity contribution is 6.33. The van der Waals surface area contributed by atoms with Crippen LogP contribution in [0.25, 0.3) is 0 Å². The Balaban J connectivity index is 1.46. The van der Waals surface area contributed by atoms with Gasteiger partial charge in [0.1, 0.15) is 0 Å². The number of fused-ring (bicyclic) bond motifs is 3. The summed E-state index contributed by atoms with van der Waals surface area (Å²) in [5, 5.41) is 5.78. The summed E-state index contributed by atoms with van der Waals surface area (Å²) in [6, 6.07) is 7.24. The van der Waals surface area contributed by atoms with Gasteiger partial charge in [0, 0.05) is 10.6 Å². The Kier molecular flexibility index (Phi) is 2.54. The maximum absolute atomic E-state index is 12.7. The van der Waals surface area contributed by atoms with Crippen LogP contribution in [0.15, 0.2) is 41.5 Å². The van der Waals surface area contributed by atoms with E-state index in [1.807, 2.05) is 18.2 Å². The molecule has 1 aromatic rings. The van der Waals surface area contributed by atoms with E-state index in [0.29, 0.717) is 10.6 Å². The molecule has 23 heavy (non-hydrogen) atoms. The zero-order valence-corrected chi connectivity index (χ0v) is 13.1. The lowest BCUT2D eigenvalue weighted by Crippen LogP contribution is -2.30. The molecular formula is C18H15ClN2O2. The summed E-state index contributed by atoms with van der Waals surface area (Å²) in [6.45, 7) is 0. The van der Waals surface area contributed by atoms with E-state index in [1.165, 1.54) is 6.21 Å². The van der Waals surface area contributed by atoms with Crippen molar-refractivity contribution in [2.45, 2.75) is 12.8 Å². The monoisotopic (exact) mass is 326 g/mol. The Morgan fingerprint density at radius 3 is 2.26 bits per heavy atom. The molecule has 1 aliphatic heterocycles. The zero-order chi connectivity index (χ0) is 15.8. The number of imide groups is 1. The highest BCUT2D eigenvalue weighted by Crippen LogP contribution is 2.73. The van der Waals surface area contributed by atoms with Gasteiger partial charge in [0.2, 0.25) is 0 Å². The Morgan fingerprint density at radius 1 is 1.09 bits per heavy atom. The van der Waals surface area contributed by atoms with E-state index >= 15 is 0 Å². The van der Waals surface area contributed by atoms with Gasteiger partial charge in [-0.05, 0) is 36.2 Å². The van der Waals surface area contributed by atoms with Gasteiger partial charge in [0.15, 0.2) is 0 Å². The van der Waals surface area contributed by atoms with Crippen LogP contribution in [0.5, 0.6) is 0 Å². The van der Waals surface area contributed by atoms with E-state index < -0.39 is 0 Å². The lowest BCUT2D eigenvalue weighted by molar-refractivity contribution is -0.141. The predicted octanol–water partition coefficient (Wildman–Crippen LogP) is 2.87. The molecule has 1 aromatic carbocycles. The first-order chi connectivity index (χ1) is 11.1. The molecule has 1 spiro atoms. The quantitative estimate of drug-likeness (QED) is 0.476. The minimum absolute atomic E-state index is 0.147. The van der Waals surface area contributed by atoms with Crippen LogP contribution in [0.2, 0.25) is 5.02 Å². The molecule has 3 fully saturated rings. The first kappa shape index (κ1) is 13.5. The minimum atomic E-state index is -0.205. The van der Waals surface area contributed by atoms with Crippen LogP contribution in [0.1, 0.15) is 18.4 Å². The number of carbonyl (C=O) groups excluding carboxylic acids is 2. The van der Waals surface area contributed by atoms with Crippen LogP contribution in [0, 0.1) is 29.1 Å². The average molecular weight is 327 g/mol. The fraction of sp³-hybridized carbons (Fsp3) is 0.389. The summed E-state index contributed by atoms with van der Waals surface area (Å²) in [7, 11) is 0. The number of carbonyl (C=O) groups is 2. The topological polar surface area (TPSA) is 49.7 Å². The molecule has 5 rings (SSSR count). The van der Waals surface area contributed by atoms with Crippen LogP contribution in [-0.4, -0.2) is 23.0 Å². The number of hydrogen-bond acceptors (Lipinski definition) is 3. The molecule has 2 bridgehead atoms. The van der Waals surface area contributed by atoms with Crippen LogP contribution < -0.4 is 0 Å². The summed E-state index contributed by atoms with van der Waals surface area (Å²) in [5.41, 5.74) is 0.922. The summed E-state index contributed by atoms with van der Waals surface area (Å²) in [5.74, 6) is -0.242. The van der Waals surface area contributed by atoms with E-state index in [4.69, 9.17) is 11.6 Å². The standard InChI is InChI=1S/C18H15ClN2O2/c19-13-4-2-1-3-10(13)9-20-21-16(22)14-11-5-6-12(15(14)17(21)23)18(11)7-8-18/h1-6,9,11-12,14-15H,7-8H2/b20-9-/t11-,12-,14+,15+/m1/s1. The van der Waals surface area contributed by atoms with Crippen molar-refractivity contribution in [1.82, 2.24) is 5.01 Å². The average Bonchev–Trinajstić information content (AvgIpc) is 3.15. The molecular weight excluding hydrogens is 312 g/mol. The van der Waals surface area contributed by atoms with Crippen molar-refractivity contribution >= 4 is 29.6 Å². The summed E-state index contributed by atoms with van der Waals surface area (Å²) >= 11 is 6.09. The number of benzene rings is 1. The van der Waals surface area contributed by atoms with Gasteiger partial charge in [0.05, 0.1) is 18.1 Å². The molecule has 5 heteroatoms. The van der Waals surface area contributed by atoms with E-state index in [9.17, 15) is 9.59 Å². The second-order valence-electron chi connectivity index (χ2n) is 6.98. The van der Waals surface area contributed by atoms with Crippen molar-refractivity contribution in [1.29, 1.82) is 0 Å². The molecule has 0 unspecified atom stereocenters. The van der Waals surface area contributed by atoms with Crippen molar-refractivity contribution in [2.75, 3.05) is 0 Å². The normalized spacial score (nSPS) is 35.8. The van der Waals surface area contributed by atoms with Crippen molar-refractivity contribution in [3.8, 4) is 0 Å². The first-order valence-corrected chi connectivity index (χ1v) is 8.36. The van der Waals surface area contributed by atoms with Gasteiger partial charge in [-0.25, -0.2) is 0 Å². The molecule has 4 atom stereocenters. The van der Waals surface area contributed by atoms with E-state index in [-0.39, 0.29) is 40.9 Å². The highest BCUT2D eigenvalue weighted by atomic mass is 35.5. The third-order valence-electron chi connectivity index (χ3n) is 6.05. The van der Waals surface area contributed by atoms with Crippen LogP contribution in [-0.2, 0) is 9.59 Å². The third-order valence-corrected chi connectivity index (χ3v) is 6.39. The molecule has 4 aliphatic rings. The van der Waals surface area contributed by atoms with Gasteiger partial charge in [-0.15, -0.1) is 0 Å². The smallest absolute Gasteiger partial charge is 0.254 e. The van der Waals surface area contributed by atoms with Gasteiger partial charge in [-0.3, -0.25) is 9.59 Å². The van der Waals surface area contributed by atoms with Crippen molar-refractivity contribution in [3.05, 3.63) is 47.0 Å². The van der Waals surface area contributed by atoms with Gasteiger partial charge in [0.25, 0.3) is 11.8 Å². The second-order valence-corrected chi connectivity index (χ2v) is 7.38. The van der Waals surface area contributed by atoms with Gasteiger partial charge in [-0.1, -0.05) is 42.0 Å². The maximum Gasteiger partial charge on any atom is 0.254 e. The molecule has 1 heterocycles. The molecule has 4 nitrogen and oxygen atoms in total. The van der Waals surface area contributed by atoms with Gasteiger partial charge >= 0.3 is 0 Å². The third kappa shape index (κ3) is 1.59. The predicted molar refractivity (Wildman–Crippen MR) is 85.7 cm³/mol. The van der Waals surface area contributed by atoms with Crippen LogP contribution >= 0.6 is 11.6 Å². The summed E-state index contributed by atoms with van der Waals surface area (Å²) in [6.07, 6.45) is 8.11. The molecule has 2 amide bonds. The molecule has 0 radical (unpaired) electrons. The fourth-order valence-electron chi connectivity index (χ4n) is 4.88. The number of amides is 2. The highest BCUT2D eigenvalue weighted by Gasteiger charge is 2.73. The van der Waals surface area contributed by atoms with E-state index in [2.05, 4.69) is 17.3 Å². The Hall–Kier alpha value is -1.94. The molecule has 0 N–H and O–H groups in total. The Labute approximate surface area is 138 Å². The van der Waals surface area contributed by atoms with Crippen molar-refractivity contribution in [2.24, 2.45) is 34.2 Å². The molecule has 2 saturated carbocycles. The Bertz CT molecular complexity index is 762. The first-order valence-electron chi connectivity index (χ1n) is 7.98. The molecule has 0 aromatic heterocycles. The number of hydrogen-bond donors (Lipinski definition) is 0. The fourth-order valence-corrected chi connectivity index (χ4v) is 5.06. The largest absolute Gasteiger partial charge is 0.272 e. The molecule has 116 valence electrons. The van der Waals surface area contributed by atoms with Gasteiger partial charge in [-0.2, -0.15) is 10.1 Å². The molecule has 3 aliphatic carbocycles. The number of rotatable bonds is 2. The van der Waals surface area contributed by atoms with Crippen LogP contribution in [0.4, 0.5) is 0 Å². The maximum atomic E-state index is 12.7.